The van der Waals surface area contributed by atoms with E-state index in [-0.39, 0.29) is 17.8 Å². The first-order chi connectivity index (χ1) is 7.63. The molecule has 88 valence electrons. The van der Waals surface area contributed by atoms with Crippen LogP contribution in [0.15, 0.2) is 24.3 Å². The molecule has 1 aromatic rings. The molecule has 1 rings (SSSR count). The van der Waals surface area contributed by atoms with E-state index >= 15 is 0 Å². The summed E-state index contributed by atoms with van der Waals surface area (Å²) >= 11 is 0. The summed E-state index contributed by atoms with van der Waals surface area (Å²) in [6.07, 6.45) is 0.796. The van der Waals surface area contributed by atoms with E-state index in [2.05, 4.69) is 5.32 Å². The Bertz CT molecular complexity index is 355. The van der Waals surface area contributed by atoms with Crippen molar-refractivity contribution in [1.82, 2.24) is 5.32 Å². The van der Waals surface area contributed by atoms with E-state index in [4.69, 9.17) is 5.73 Å². The smallest absolute Gasteiger partial charge is 0.221 e. The average Bonchev–Trinajstić information content (AvgIpc) is 2.21. The Balaban J connectivity index is 2.48. The summed E-state index contributed by atoms with van der Waals surface area (Å²) in [4.78, 5) is 11.2. The molecular weight excluding hydrogens is 207 g/mol. The fourth-order valence-electron chi connectivity index (χ4n) is 1.52. The molecule has 0 saturated carbocycles. The van der Waals surface area contributed by atoms with Crippen molar-refractivity contribution in [3.8, 4) is 0 Å². The monoisotopic (exact) mass is 224 g/mol. The van der Waals surface area contributed by atoms with Crippen LogP contribution in [0.3, 0.4) is 0 Å². The van der Waals surface area contributed by atoms with Crippen LogP contribution >= 0.6 is 0 Å². The molecule has 0 aromatic heterocycles. The zero-order chi connectivity index (χ0) is 12.0. The van der Waals surface area contributed by atoms with E-state index in [1.165, 1.54) is 6.07 Å². The molecule has 1 atom stereocenters. The van der Waals surface area contributed by atoms with Gasteiger partial charge < -0.3 is 11.1 Å². The second kappa shape index (κ2) is 6.23. The largest absolute Gasteiger partial charge is 0.353 e. The van der Waals surface area contributed by atoms with Crippen LogP contribution in [-0.4, -0.2) is 18.5 Å². The highest BCUT2D eigenvalue weighted by atomic mass is 19.1. The first kappa shape index (κ1) is 12.6. The number of hydrogen-bond donors (Lipinski definition) is 2. The number of amides is 1. The zero-order valence-corrected chi connectivity index (χ0v) is 9.37. The van der Waals surface area contributed by atoms with E-state index in [1.54, 1.807) is 18.2 Å². The third-order valence-electron chi connectivity index (χ3n) is 2.26. The molecule has 1 aromatic carbocycles. The predicted octanol–water partition coefficient (Wildman–Crippen LogP) is 1.22. The molecule has 0 aliphatic heterocycles. The second-order valence-electron chi connectivity index (χ2n) is 3.80. The summed E-state index contributed by atoms with van der Waals surface area (Å²) in [5.74, 6) is -0.325. The lowest BCUT2D eigenvalue weighted by molar-refractivity contribution is -0.121. The van der Waals surface area contributed by atoms with Gasteiger partial charge in [-0.25, -0.2) is 4.39 Å². The fourth-order valence-corrected chi connectivity index (χ4v) is 1.52. The van der Waals surface area contributed by atoms with Gasteiger partial charge in [0.15, 0.2) is 0 Å². The topological polar surface area (TPSA) is 55.1 Å². The fraction of sp³-hybridized carbons (Fsp3) is 0.417. The Morgan fingerprint density at radius 1 is 1.50 bits per heavy atom. The van der Waals surface area contributed by atoms with Crippen LogP contribution in [0.4, 0.5) is 4.39 Å². The van der Waals surface area contributed by atoms with Gasteiger partial charge in [0.25, 0.3) is 0 Å². The Labute approximate surface area is 94.8 Å². The van der Waals surface area contributed by atoms with Crippen LogP contribution in [0, 0.1) is 5.82 Å². The molecule has 4 heteroatoms. The highest BCUT2D eigenvalue weighted by Crippen LogP contribution is 2.08. The van der Waals surface area contributed by atoms with Crippen molar-refractivity contribution >= 4 is 5.91 Å². The van der Waals surface area contributed by atoms with Crippen LogP contribution in [-0.2, 0) is 11.2 Å². The second-order valence-corrected chi connectivity index (χ2v) is 3.80. The molecular formula is C12H17FN2O. The van der Waals surface area contributed by atoms with Crippen molar-refractivity contribution in [3.63, 3.8) is 0 Å². The van der Waals surface area contributed by atoms with Gasteiger partial charge in [0.1, 0.15) is 5.82 Å². The van der Waals surface area contributed by atoms with Crippen molar-refractivity contribution < 1.29 is 9.18 Å². The van der Waals surface area contributed by atoms with Crippen LogP contribution < -0.4 is 11.1 Å². The molecule has 0 aliphatic rings. The first-order valence-electron chi connectivity index (χ1n) is 5.36. The summed E-state index contributed by atoms with van der Waals surface area (Å²) in [5, 5.41) is 2.77. The van der Waals surface area contributed by atoms with Crippen LogP contribution in [0.1, 0.15) is 18.9 Å². The van der Waals surface area contributed by atoms with E-state index < -0.39 is 0 Å². The highest BCUT2D eigenvalue weighted by Gasteiger charge is 2.09. The van der Waals surface area contributed by atoms with Crippen LogP contribution in [0.5, 0.6) is 0 Å². The summed E-state index contributed by atoms with van der Waals surface area (Å²) in [5.41, 5.74) is 5.87. The van der Waals surface area contributed by atoms with Gasteiger partial charge in [-0.3, -0.25) is 4.79 Å². The van der Waals surface area contributed by atoms with E-state index in [9.17, 15) is 9.18 Å². The number of hydrogen-bond acceptors (Lipinski definition) is 2. The number of nitrogens with two attached hydrogens (primary N) is 1. The Morgan fingerprint density at radius 2 is 2.19 bits per heavy atom. The van der Waals surface area contributed by atoms with Gasteiger partial charge in [-0.05, 0) is 25.0 Å². The summed E-state index contributed by atoms with van der Waals surface area (Å²) in [6, 6.07) is 6.49. The van der Waals surface area contributed by atoms with Gasteiger partial charge in [-0.1, -0.05) is 18.2 Å². The Hall–Kier alpha value is -1.42. The SMILES string of the molecule is CC(Cc1ccccc1F)NC(=O)CCN. The summed E-state index contributed by atoms with van der Waals surface area (Å²) in [7, 11) is 0. The maximum Gasteiger partial charge on any atom is 0.221 e. The van der Waals surface area contributed by atoms with Crippen LogP contribution in [0.2, 0.25) is 0 Å². The molecule has 0 radical (unpaired) electrons. The minimum absolute atomic E-state index is 0.0871. The molecule has 0 fully saturated rings. The van der Waals surface area contributed by atoms with E-state index in [0.717, 1.165) is 0 Å². The van der Waals surface area contributed by atoms with Crippen LogP contribution in [0.25, 0.3) is 0 Å². The molecule has 0 heterocycles. The molecule has 1 unspecified atom stereocenters. The van der Waals surface area contributed by atoms with Crippen molar-refractivity contribution in [3.05, 3.63) is 35.6 Å². The van der Waals surface area contributed by atoms with Crippen molar-refractivity contribution in [2.24, 2.45) is 5.73 Å². The zero-order valence-electron chi connectivity index (χ0n) is 9.37. The van der Waals surface area contributed by atoms with E-state index in [1.807, 2.05) is 6.92 Å². The van der Waals surface area contributed by atoms with Gasteiger partial charge in [0.05, 0.1) is 0 Å². The van der Waals surface area contributed by atoms with Gasteiger partial charge in [0.2, 0.25) is 5.91 Å². The Morgan fingerprint density at radius 3 is 2.81 bits per heavy atom. The third-order valence-corrected chi connectivity index (χ3v) is 2.26. The normalized spacial score (nSPS) is 12.2. The summed E-state index contributed by atoms with van der Waals surface area (Å²) < 4.78 is 13.3. The maximum atomic E-state index is 13.3. The van der Waals surface area contributed by atoms with Gasteiger partial charge >= 0.3 is 0 Å². The lowest BCUT2D eigenvalue weighted by atomic mass is 10.1. The molecule has 1 amide bonds. The predicted molar refractivity (Wildman–Crippen MR) is 61.4 cm³/mol. The number of halogens is 1. The quantitative estimate of drug-likeness (QED) is 0.790. The lowest BCUT2D eigenvalue weighted by Crippen LogP contribution is -2.35. The van der Waals surface area contributed by atoms with Crippen molar-refractivity contribution in [2.45, 2.75) is 25.8 Å². The molecule has 16 heavy (non-hydrogen) atoms. The first-order valence-corrected chi connectivity index (χ1v) is 5.36. The van der Waals surface area contributed by atoms with Crippen molar-refractivity contribution in [2.75, 3.05) is 6.54 Å². The number of nitrogens with one attached hydrogen (secondary N) is 1. The highest BCUT2D eigenvalue weighted by molar-refractivity contribution is 5.76. The van der Waals surface area contributed by atoms with Gasteiger partial charge in [-0.2, -0.15) is 0 Å². The lowest BCUT2D eigenvalue weighted by Gasteiger charge is -2.14. The summed E-state index contributed by atoms with van der Waals surface area (Å²) in [6.45, 7) is 2.18. The number of carbonyl (C=O) groups excluding carboxylic acids is 1. The van der Waals surface area contributed by atoms with Gasteiger partial charge in [0, 0.05) is 19.0 Å². The number of carbonyl (C=O) groups is 1. The minimum atomic E-state index is -0.234. The average molecular weight is 224 g/mol. The minimum Gasteiger partial charge on any atom is -0.353 e. The molecule has 0 saturated heterocycles. The molecule has 0 aliphatic carbocycles. The third kappa shape index (κ3) is 3.98. The molecule has 0 spiro atoms. The van der Waals surface area contributed by atoms with Crippen molar-refractivity contribution in [1.29, 1.82) is 0 Å². The number of benzene rings is 1. The Kier molecular flexibility index (Phi) is 4.92. The standard InChI is InChI=1S/C12H17FN2O/c1-9(15-12(16)6-7-14)8-10-4-2-3-5-11(10)13/h2-5,9H,6-8,14H2,1H3,(H,15,16). The molecule has 3 N–H and O–H groups in total. The number of rotatable bonds is 5. The van der Waals surface area contributed by atoms with Gasteiger partial charge in [-0.15, -0.1) is 0 Å². The molecule has 3 nitrogen and oxygen atoms in total. The van der Waals surface area contributed by atoms with E-state index in [0.29, 0.717) is 24.9 Å². The molecule has 0 bridgehead atoms. The maximum absolute atomic E-state index is 13.3.